The zero-order chi connectivity index (χ0) is 15.1. The number of ketones is 1. The van der Waals surface area contributed by atoms with E-state index in [9.17, 15) is 9.59 Å². The third-order valence-electron chi connectivity index (χ3n) is 4.02. The van der Waals surface area contributed by atoms with Crippen LogP contribution in [0.2, 0.25) is 0 Å². The fourth-order valence-electron chi connectivity index (χ4n) is 2.73. The highest BCUT2D eigenvalue weighted by atomic mass is 32.1. The molecule has 1 N–H and O–H groups in total. The van der Waals surface area contributed by atoms with Crippen LogP contribution in [0.1, 0.15) is 42.3 Å². The van der Waals surface area contributed by atoms with Gasteiger partial charge >= 0.3 is 0 Å². The second-order valence-electron chi connectivity index (χ2n) is 5.73. The monoisotopic (exact) mass is 308 g/mol. The van der Waals surface area contributed by atoms with Gasteiger partial charge in [0.05, 0.1) is 4.88 Å². The lowest BCUT2D eigenvalue weighted by Crippen LogP contribution is -2.38. The summed E-state index contributed by atoms with van der Waals surface area (Å²) in [5.41, 5.74) is 0. The Hall–Kier alpha value is -1.20. The second-order valence-corrected chi connectivity index (χ2v) is 6.67. The number of rotatable bonds is 7. The third-order valence-corrected chi connectivity index (χ3v) is 4.93. The lowest BCUT2D eigenvalue weighted by Gasteiger charge is -2.31. The molecule has 4 nitrogen and oxygen atoms in total. The Morgan fingerprint density at radius 1 is 1.38 bits per heavy atom. The number of Topliss-reactive ketones (excluding diaryl/α,β-unsaturated/α-hetero) is 1. The topological polar surface area (TPSA) is 49.4 Å². The summed E-state index contributed by atoms with van der Waals surface area (Å²) in [6.45, 7) is 5.54. The Bertz CT molecular complexity index is 451. The van der Waals surface area contributed by atoms with E-state index in [1.807, 2.05) is 17.5 Å². The van der Waals surface area contributed by atoms with Gasteiger partial charge in [0.2, 0.25) is 5.91 Å². The van der Waals surface area contributed by atoms with Gasteiger partial charge < -0.3 is 10.2 Å². The van der Waals surface area contributed by atoms with Crippen LogP contribution in [0.15, 0.2) is 17.5 Å². The van der Waals surface area contributed by atoms with E-state index in [2.05, 4.69) is 10.2 Å². The number of nitrogens with zero attached hydrogens (tertiary/aromatic N) is 1. The second kappa shape index (κ2) is 8.29. The highest BCUT2D eigenvalue weighted by Gasteiger charge is 2.19. The first-order valence-electron chi connectivity index (χ1n) is 7.68. The van der Waals surface area contributed by atoms with E-state index in [0.29, 0.717) is 12.3 Å². The van der Waals surface area contributed by atoms with E-state index in [4.69, 9.17) is 0 Å². The summed E-state index contributed by atoms with van der Waals surface area (Å²) in [5.74, 6) is 0.938. The van der Waals surface area contributed by atoms with Crippen LogP contribution >= 0.6 is 11.3 Å². The molecule has 1 aliphatic rings. The van der Waals surface area contributed by atoms with E-state index < -0.39 is 0 Å². The predicted molar refractivity (Wildman–Crippen MR) is 85.7 cm³/mol. The molecular formula is C16H24N2O2S. The highest BCUT2D eigenvalue weighted by Crippen LogP contribution is 2.17. The number of thiophene rings is 1. The summed E-state index contributed by atoms with van der Waals surface area (Å²) in [5, 5.41) is 4.85. The van der Waals surface area contributed by atoms with Crippen molar-refractivity contribution >= 4 is 23.0 Å². The first kappa shape index (κ1) is 16.2. The molecule has 1 fully saturated rings. The first-order valence-corrected chi connectivity index (χ1v) is 8.56. The summed E-state index contributed by atoms with van der Waals surface area (Å²) in [7, 11) is 0. The van der Waals surface area contributed by atoms with E-state index in [0.717, 1.165) is 50.3 Å². The SMILES string of the molecule is CC(=O)NCC1CCN(CCCC(=O)c2cccs2)CC1. The molecule has 0 unspecified atom stereocenters. The molecule has 5 heteroatoms. The summed E-state index contributed by atoms with van der Waals surface area (Å²) in [4.78, 5) is 26.1. The predicted octanol–water partition coefficient (Wildman–Crippen LogP) is 2.56. The Kier molecular flexibility index (Phi) is 6.39. The number of hydrogen-bond donors (Lipinski definition) is 1. The van der Waals surface area contributed by atoms with Crippen molar-refractivity contribution in [2.24, 2.45) is 5.92 Å². The van der Waals surface area contributed by atoms with E-state index in [1.165, 1.54) is 11.3 Å². The molecule has 1 saturated heterocycles. The van der Waals surface area contributed by atoms with Crippen LogP contribution in [-0.4, -0.2) is 42.8 Å². The summed E-state index contributed by atoms with van der Waals surface area (Å²) in [6, 6.07) is 3.83. The molecule has 0 atom stereocenters. The molecule has 0 saturated carbocycles. The molecule has 2 heterocycles. The Balaban J connectivity index is 1.59. The molecule has 0 bridgehead atoms. The Labute approximate surface area is 130 Å². The number of likely N-dealkylation sites (tertiary alicyclic amines) is 1. The van der Waals surface area contributed by atoms with Crippen LogP contribution in [0.25, 0.3) is 0 Å². The van der Waals surface area contributed by atoms with Crippen molar-refractivity contribution in [2.75, 3.05) is 26.2 Å². The lowest BCUT2D eigenvalue weighted by molar-refractivity contribution is -0.119. The molecule has 1 aliphatic heterocycles. The molecular weight excluding hydrogens is 284 g/mol. The van der Waals surface area contributed by atoms with Gasteiger partial charge in [-0.05, 0) is 56.3 Å². The molecule has 1 amide bonds. The number of piperidine rings is 1. The maximum atomic E-state index is 11.9. The number of carbonyl (C=O) groups is 2. The normalized spacial score (nSPS) is 16.8. The van der Waals surface area contributed by atoms with Crippen LogP contribution in [0.5, 0.6) is 0 Å². The molecule has 1 aromatic rings. The van der Waals surface area contributed by atoms with Crippen LogP contribution in [0.4, 0.5) is 0 Å². The third kappa shape index (κ3) is 5.59. The van der Waals surface area contributed by atoms with Gasteiger partial charge in [0.1, 0.15) is 0 Å². The number of carbonyl (C=O) groups excluding carboxylic acids is 2. The minimum Gasteiger partial charge on any atom is -0.356 e. The van der Waals surface area contributed by atoms with Crippen LogP contribution in [0, 0.1) is 5.92 Å². The van der Waals surface area contributed by atoms with Gasteiger partial charge in [0, 0.05) is 19.9 Å². The standard InChI is InChI=1S/C16H24N2O2S/c1-13(19)17-12-14-6-9-18(10-7-14)8-2-4-15(20)16-5-3-11-21-16/h3,5,11,14H,2,4,6-10,12H2,1H3,(H,17,19). The first-order chi connectivity index (χ1) is 10.1. The van der Waals surface area contributed by atoms with Crippen molar-refractivity contribution in [3.63, 3.8) is 0 Å². The lowest BCUT2D eigenvalue weighted by atomic mass is 9.96. The van der Waals surface area contributed by atoms with Crippen molar-refractivity contribution in [2.45, 2.75) is 32.6 Å². The van der Waals surface area contributed by atoms with Crippen LogP contribution in [0.3, 0.4) is 0 Å². The maximum absolute atomic E-state index is 11.9. The molecule has 0 radical (unpaired) electrons. The number of amides is 1. The minimum absolute atomic E-state index is 0.0597. The van der Waals surface area contributed by atoms with Gasteiger partial charge in [-0.25, -0.2) is 0 Å². The fraction of sp³-hybridized carbons (Fsp3) is 0.625. The molecule has 1 aromatic heterocycles. The number of hydrogen-bond acceptors (Lipinski definition) is 4. The highest BCUT2D eigenvalue weighted by molar-refractivity contribution is 7.12. The average Bonchev–Trinajstić information content (AvgIpc) is 3.00. The molecule has 0 spiro atoms. The quantitative estimate of drug-likeness (QED) is 0.788. The summed E-state index contributed by atoms with van der Waals surface area (Å²) < 4.78 is 0. The Morgan fingerprint density at radius 2 is 2.14 bits per heavy atom. The molecule has 0 aromatic carbocycles. The van der Waals surface area contributed by atoms with Crippen molar-refractivity contribution in [1.82, 2.24) is 10.2 Å². The minimum atomic E-state index is 0.0597. The largest absolute Gasteiger partial charge is 0.356 e. The van der Waals surface area contributed by atoms with Gasteiger partial charge in [-0.2, -0.15) is 0 Å². The van der Waals surface area contributed by atoms with Crippen LogP contribution in [-0.2, 0) is 4.79 Å². The fourth-order valence-corrected chi connectivity index (χ4v) is 3.42. The van der Waals surface area contributed by atoms with Gasteiger partial charge in [0.25, 0.3) is 0 Å². The average molecular weight is 308 g/mol. The molecule has 21 heavy (non-hydrogen) atoms. The van der Waals surface area contributed by atoms with Crippen molar-refractivity contribution in [1.29, 1.82) is 0 Å². The van der Waals surface area contributed by atoms with Gasteiger partial charge in [-0.1, -0.05) is 6.07 Å². The van der Waals surface area contributed by atoms with Gasteiger partial charge in [-0.3, -0.25) is 9.59 Å². The van der Waals surface area contributed by atoms with E-state index in [1.54, 1.807) is 6.92 Å². The smallest absolute Gasteiger partial charge is 0.216 e. The van der Waals surface area contributed by atoms with Crippen molar-refractivity contribution in [3.8, 4) is 0 Å². The maximum Gasteiger partial charge on any atom is 0.216 e. The zero-order valence-corrected chi connectivity index (χ0v) is 13.5. The van der Waals surface area contributed by atoms with Crippen LogP contribution < -0.4 is 5.32 Å². The summed E-state index contributed by atoms with van der Waals surface area (Å²) in [6.07, 6.45) is 3.86. The van der Waals surface area contributed by atoms with Crippen molar-refractivity contribution < 1.29 is 9.59 Å². The van der Waals surface area contributed by atoms with Gasteiger partial charge in [0.15, 0.2) is 5.78 Å². The Morgan fingerprint density at radius 3 is 2.76 bits per heavy atom. The molecule has 2 rings (SSSR count). The van der Waals surface area contributed by atoms with Crippen molar-refractivity contribution in [3.05, 3.63) is 22.4 Å². The van der Waals surface area contributed by atoms with Gasteiger partial charge in [-0.15, -0.1) is 11.3 Å². The molecule has 116 valence electrons. The zero-order valence-electron chi connectivity index (χ0n) is 12.6. The molecule has 0 aliphatic carbocycles. The summed E-state index contributed by atoms with van der Waals surface area (Å²) >= 11 is 1.53. The van der Waals surface area contributed by atoms with E-state index >= 15 is 0 Å². The number of nitrogens with one attached hydrogen (secondary N) is 1. The van der Waals surface area contributed by atoms with E-state index in [-0.39, 0.29) is 11.7 Å².